The van der Waals surface area contributed by atoms with Gasteiger partial charge in [0.05, 0.1) is 5.39 Å². The minimum Gasteiger partial charge on any atom is -0.543 e. The molecule has 0 aliphatic heterocycles. The molecular weight excluding hydrogens is 340 g/mol. The Morgan fingerprint density at radius 2 is 1.73 bits per heavy atom. The third-order valence-electron chi connectivity index (χ3n) is 5.51. The SMILES string of the molecule is C=Cc1ccc2c(c1)c(=O)oc1c(C)c(O[Si](C)(C)C(C)(C)C)ccc12. The predicted molar refractivity (Wildman–Crippen MR) is 113 cm³/mol. The summed E-state index contributed by atoms with van der Waals surface area (Å²) in [5, 5.41) is 2.49. The Bertz CT molecular complexity index is 1070. The molecule has 0 unspecified atom stereocenters. The topological polar surface area (TPSA) is 39.4 Å². The molecule has 4 heteroatoms. The molecule has 0 aliphatic rings. The van der Waals surface area contributed by atoms with E-state index in [1.165, 1.54) is 0 Å². The fourth-order valence-electron chi connectivity index (χ4n) is 2.80. The van der Waals surface area contributed by atoms with Gasteiger partial charge in [-0.2, -0.15) is 0 Å². The second-order valence-corrected chi connectivity index (χ2v) is 13.1. The van der Waals surface area contributed by atoms with Crippen molar-refractivity contribution in [1.82, 2.24) is 0 Å². The number of benzene rings is 2. The van der Waals surface area contributed by atoms with Crippen molar-refractivity contribution in [2.24, 2.45) is 0 Å². The molecule has 136 valence electrons. The van der Waals surface area contributed by atoms with Gasteiger partial charge in [0.2, 0.25) is 8.32 Å². The smallest absolute Gasteiger partial charge is 0.344 e. The summed E-state index contributed by atoms with van der Waals surface area (Å²) < 4.78 is 12.1. The summed E-state index contributed by atoms with van der Waals surface area (Å²) in [5.74, 6) is 0.800. The van der Waals surface area contributed by atoms with E-state index < -0.39 is 8.32 Å². The minimum absolute atomic E-state index is 0.0969. The molecule has 0 N–H and O–H groups in total. The predicted octanol–water partition coefficient (Wildman–Crippen LogP) is 6.28. The number of fused-ring (bicyclic) bond motifs is 3. The van der Waals surface area contributed by atoms with Gasteiger partial charge in [0, 0.05) is 10.9 Å². The normalized spacial score (nSPS) is 12.5. The van der Waals surface area contributed by atoms with Gasteiger partial charge in [-0.25, -0.2) is 4.79 Å². The molecule has 3 rings (SSSR count). The highest BCUT2D eigenvalue weighted by atomic mass is 28.4. The molecule has 0 spiro atoms. The molecule has 0 atom stereocenters. The first-order chi connectivity index (χ1) is 12.0. The molecule has 2 aromatic carbocycles. The van der Waals surface area contributed by atoms with Gasteiger partial charge < -0.3 is 8.84 Å². The average molecular weight is 367 g/mol. The first-order valence-electron chi connectivity index (χ1n) is 8.87. The van der Waals surface area contributed by atoms with E-state index in [1.807, 2.05) is 37.3 Å². The van der Waals surface area contributed by atoms with Crippen LogP contribution in [0.25, 0.3) is 27.8 Å². The molecule has 3 nitrogen and oxygen atoms in total. The van der Waals surface area contributed by atoms with Crippen LogP contribution in [0.3, 0.4) is 0 Å². The number of aryl methyl sites for hydroxylation is 1. The van der Waals surface area contributed by atoms with Gasteiger partial charge >= 0.3 is 5.63 Å². The lowest BCUT2D eigenvalue weighted by Crippen LogP contribution is -2.44. The van der Waals surface area contributed by atoms with E-state index in [0.717, 1.165) is 27.6 Å². The van der Waals surface area contributed by atoms with Gasteiger partial charge in [-0.15, -0.1) is 0 Å². The fraction of sp³-hybridized carbons (Fsp3) is 0.318. The Labute approximate surface area is 155 Å². The van der Waals surface area contributed by atoms with Crippen molar-refractivity contribution >= 4 is 36.1 Å². The number of hydrogen-bond donors (Lipinski definition) is 0. The molecule has 0 fully saturated rings. The Hall–Kier alpha value is -2.33. The molecule has 0 saturated heterocycles. The van der Waals surface area contributed by atoms with Gasteiger partial charge in [-0.1, -0.05) is 45.6 Å². The van der Waals surface area contributed by atoms with Gasteiger partial charge in [0.1, 0.15) is 11.3 Å². The monoisotopic (exact) mass is 366 g/mol. The molecule has 0 radical (unpaired) electrons. The van der Waals surface area contributed by atoms with E-state index in [2.05, 4.69) is 40.4 Å². The van der Waals surface area contributed by atoms with Crippen molar-refractivity contribution in [3.05, 3.63) is 58.5 Å². The third kappa shape index (κ3) is 2.99. The summed E-state index contributed by atoms with van der Waals surface area (Å²) in [7, 11) is -1.98. The lowest BCUT2D eigenvalue weighted by molar-refractivity contribution is 0.487. The van der Waals surface area contributed by atoms with Crippen molar-refractivity contribution in [3.8, 4) is 5.75 Å². The van der Waals surface area contributed by atoms with Gasteiger partial charge in [0.15, 0.2) is 0 Å². The van der Waals surface area contributed by atoms with E-state index in [9.17, 15) is 4.79 Å². The van der Waals surface area contributed by atoms with Crippen LogP contribution < -0.4 is 10.1 Å². The number of hydrogen-bond acceptors (Lipinski definition) is 3. The highest BCUT2D eigenvalue weighted by molar-refractivity contribution is 6.74. The highest BCUT2D eigenvalue weighted by Crippen LogP contribution is 2.39. The zero-order chi connectivity index (χ0) is 19.3. The van der Waals surface area contributed by atoms with E-state index in [1.54, 1.807) is 6.08 Å². The molecule has 0 aliphatic carbocycles. The molecule has 1 aromatic heterocycles. The molecule has 3 aromatic rings. The van der Waals surface area contributed by atoms with Crippen molar-refractivity contribution in [2.75, 3.05) is 0 Å². The quantitative estimate of drug-likeness (QED) is 0.311. The second kappa shape index (κ2) is 6.13. The van der Waals surface area contributed by atoms with Crippen molar-refractivity contribution in [2.45, 2.75) is 45.8 Å². The van der Waals surface area contributed by atoms with Crippen LogP contribution in [0, 0.1) is 6.92 Å². The molecular formula is C22H26O3Si. The Kier molecular flexibility index (Phi) is 4.35. The zero-order valence-corrected chi connectivity index (χ0v) is 17.4. The van der Waals surface area contributed by atoms with Crippen molar-refractivity contribution in [3.63, 3.8) is 0 Å². The lowest BCUT2D eigenvalue weighted by atomic mass is 10.0. The summed E-state index contributed by atoms with van der Waals surface area (Å²) >= 11 is 0. The van der Waals surface area contributed by atoms with Crippen LogP contribution in [0.1, 0.15) is 31.9 Å². The summed E-state index contributed by atoms with van der Waals surface area (Å²) in [6.07, 6.45) is 1.73. The summed E-state index contributed by atoms with van der Waals surface area (Å²) in [5.41, 5.74) is 2.05. The van der Waals surface area contributed by atoms with Crippen LogP contribution in [0.2, 0.25) is 18.1 Å². The zero-order valence-electron chi connectivity index (χ0n) is 16.4. The van der Waals surface area contributed by atoms with Crippen LogP contribution in [0.4, 0.5) is 0 Å². The van der Waals surface area contributed by atoms with E-state index in [-0.39, 0.29) is 10.7 Å². The largest absolute Gasteiger partial charge is 0.543 e. The molecule has 0 bridgehead atoms. The summed E-state index contributed by atoms with van der Waals surface area (Å²) in [6.45, 7) is 16.8. The maximum atomic E-state index is 12.5. The van der Waals surface area contributed by atoms with Crippen LogP contribution >= 0.6 is 0 Å². The van der Waals surface area contributed by atoms with E-state index >= 15 is 0 Å². The Morgan fingerprint density at radius 1 is 1.08 bits per heavy atom. The second-order valence-electron chi connectivity index (χ2n) is 8.33. The van der Waals surface area contributed by atoms with Crippen molar-refractivity contribution < 1.29 is 8.84 Å². The van der Waals surface area contributed by atoms with E-state index in [0.29, 0.717) is 11.0 Å². The maximum absolute atomic E-state index is 12.5. The van der Waals surface area contributed by atoms with Crippen LogP contribution in [0.15, 0.2) is 46.1 Å². The number of rotatable bonds is 3. The molecule has 1 heterocycles. The summed E-state index contributed by atoms with van der Waals surface area (Å²) in [6, 6.07) is 9.73. The average Bonchev–Trinajstić information content (AvgIpc) is 2.56. The Balaban J connectivity index is 2.23. The van der Waals surface area contributed by atoms with Crippen LogP contribution in [0.5, 0.6) is 5.75 Å². The highest BCUT2D eigenvalue weighted by Gasteiger charge is 2.39. The van der Waals surface area contributed by atoms with Gasteiger partial charge in [-0.05, 0) is 54.2 Å². The lowest BCUT2D eigenvalue weighted by Gasteiger charge is -2.36. The Morgan fingerprint density at radius 3 is 2.35 bits per heavy atom. The van der Waals surface area contributed by atoms with Crippen molar-refractivity contribution in [1.29, 1.82) is 0 Å². The van der Waals surface area contributed by atoms with Gasteiger partial charge in [0.25, 0.3) is 0 Å². The third-order valence-corrected chi connectivity index (χ3v) is 9.85. The standard InChI is InChI=1S/C22H26O3Si/c1-8-15-9-10-16-17-11-12-19(25-26(6,7)22(3,4)5)14(2)20(17)24-21(23)18(16)13-15/h8-13H,1H2,2-7H3. The maximum Gasteiger partial charge on any atom is 0.344 e. The molecule has 26 heavy (non-hydrogen) atoms. The molecule has 0 saturated carbocycles. The minimum atomic E-state index is -1.98. The molecule has 0 amide bonds. The van der Waals surface area contributed by atoms with Crippen LogP contribution in [-0.2, 0) is 0 Å². The van der Waals surface area contributed by atoms with Gasteiger partial charge in [-0.3, -0.25) is 0 Å². The first kappa shape index (κ1) is 18.5. The summed E-state index contributed by atoms with van der Waals surface area (Å²) in [4.78, 5) is 12.5. The van der Waals surface area contributed by atoms with Crippen LogP contribution in [-0.4, -0.2) is 8.32 Å². The van der Waals surface area contributed by atoms with E-state index in [4.69, 9.17) is 8.84 Å². The fourth-order valence-corrected chi connectivity index (χ4v) is 3.87. The first-order valence-corrected chi connectivity index (χ1v) is 11.8.